The largest absolute Gasteiger partial charge is 0.393 e. The van der Waals surface area contributed by atoms with Gasteiger partial charge in [-0.15, -0.1) is 0 Å². The maximum atomic E-state index is 11.9. The molecule has 0 spiro atoms. The number of amides is 1. The quantitative estimate of drug-likeness (QED) is 0.722. The van der Waals surface area contributed by atoms with Crippen LogP contribution in [0, 0.1) is 28.6 Å². The smallest absolute Gasteiger partial charge is 0.243 e. The van der Waals surface area contributed by atoms with E-state index >= 15 is 0 Å². The molecular formula is C19H29NO2. The number of rotatable bonds is 0. The van der Waals surface area contributed by atoms with Crippen LogP contribution >= 0.6 is 0 Å². The average Bonchev–Trinajstić information content (AvgIpc) is 2.68. The van der Waals surface area contributed by atoms with Gasteiger partial charge in [-0.05, 0) is 73.5 Å². The van der Waals surface area contributed by atoms with E-state index in [0.29, 0.717) is 11.8 Å². The van der Waals surface area contributed by atoms with Gasteiger partial charge in [-0.1, -0.05) is 19.4 Å². The topological polar surface area (TPSA) is 49.3 Å². The lowest BCUT2D eigenvalue weighted by atomic mass is 9.48. The second kappa shape index (κ2) is 4.83. The Morgan fingerprint density at radius 2 is 1.95 bits per heavy atom. The standard InChI is InChI=1S/C19H29NO2/c1-18-9-10-20-17(22)11-12(18)3-4-13-14-5-6-16(21)19(14,2)8-7-15(13)18/h11,13-16,21H,3-10H2,1-2H3,(H,20,22)/t13-,14+,15+,16+,18-,19+/m1/s1. The van der Waals surface area contributed by atoms with Crippen molar-refractivity contribution in [2.45, 2.75) is 64.9 Å². The maximum Gasteiger partial charge on any atom is 0.243 e. The van der Waals surface area contributed by atoms with E-state index in [1.165, 1.54) is 24.8 Å². The summed E-state index contributed by atoms with van der Waals surface area (Å²) in [7, 11) is 0. The molecule has 4 rings (SSSR count). The third-order valence-electron chi connectivity index (χ3n) is 7.93. The van der Waals surface area contributed by atoms with Gasteiger partial charge in [0.25, 0.3) is 0 Å². The van der Waals surface area contributed by atoms with Crippen molar-refractivity contribution in [3.63, 3.8) is 0 Å². The molecule has 0 saturated heterocycles. The Bertz CT molecular complexity index is 528. The summed E-state index contributed by atoms with van der Waals surface area (Å²) in [5, 5.41) is 13.5. The lowest BCUT2D eigenvalue weighted by molar-refractivity contribution is -0.116. The van der Waals surface area contributed by atoms with Crippen LogP contribution in [0.1, 0.15) is 58.8 Å². The number of nitrogens with one attached hydrogen (secondary N) is 1. The Kier molecular flexibility index (Phi) is 3.24. The van der Waals surface area contributed by atoms with E-state index in [1.54, 1.807) is 0 Å². The van der Waals surface area contributed by atoms with Crippen molar-refractivity contribution >= 4 is 5.91 Å². The van der Waals surface area contributed by atoms with Crippen molar-refractivity contribution in [1.82, 2.24) is 5.32 Å². The first kappa shape index (κ1) is 14.7. The highest BCUT2D eigenvalue weighted by molar-refractivity contribution is 5.88. The second-order valence-electron chi connectivity index (χ2n) is 8.68. The number of hydrogen-bond donors (Lipinski definition) is 2. The summed E-state index contributed by atoms with van der Waals surface area (Å²) < 4.78 is 0. The summed E-state index contributed by atoms with van der Waals surface area (Å²) in [5.41, 5.74) is 1.74. The van der Waals surface area contributed by atoms with E-state index in [4.69, 9.17) is 0 Å². The molecule has 3 aliphatic carbocycles. The van der Waals surface area contributed by atoms with Crippen LogP contribution in [0.5, 0.6) is 0 Å². The van der Waals surface area contributed by atoms with E-state index in [2.05, 4.69) is 19.2 Å². The van der Waals surface area contributed by atoms with E-state index < -0.39 is 0 Å². The van der Waals surface area contributed by atoms with Crippen LogP contribution in [0.2, 0.25) is 0 Å². The van der Waals surface area contributed by atoms with Gasteiger partial charge < -0.3 is 10.4 Å². The Morgan fingerprint density at radius 3 is 2.77 bits per heavy atom. The van der Waals surface area contributed by atoms with Crippen LogP contribution in [0.4, 0.5) is 0 Å². The fraction of sp³-hybridized carbons (Fsp3) is 0.842. The van der Waals surface area contributed by atoms with E-state index in [1.807, 2.05) is 6.08 Å². The highest BCUT2D eigenvalue weighted by Crippen LogP contribution is 2.64. The molecule has 3 saturated carbocycles. The minimum Gasteiger partial charge on any atom is -0.393 e. The normalized spacial score (nSPS) is 51.0. The number of carbonyl (C=O) groups is 1. The zero-order valence-electron chi connectivity index (χ0n) is 13.9. The number of aliphatic hydroxyl groups is 1. The van der Waals surface area contributed by atoms with Crippen molar-refractivity contribution in [3.05, 3.63) is 11.6 Å². The number of hydrogen-bond acceptors (Lipinski definition) is 2. The molecule has 0 bridgehead atoms. The lowest BCUT2D eigenvalue weighted by Gasteiger charge is -2.56. The van der Waals surface area contributed by atoms with Gasteiger partial charge in [-0.2, -0.15) is 0 Å². The molecule has 1 aliphatic heterocycles. The fourth-order valence-corrected chi connectivity index (χ4v) is 6.54. The summed E-state index contributed by atoms with van der Waals surface area (Å²) in [5.74, 6) is 2.23. The number of allylic oxidation sites excluding steroid dienone is 1. The molecular weight excluding hydrogens is 274 g/mol. The molecule has 22 heavy (non-hydrogen) atoms. The zero-order valence-corrected chi connectivity index (χ0v) is 13.9. The minimum absolute atomic E-state index is 0.0967. The highest BCUT2D eigenvalue weighted by Gasteiger charge is 2.58. The molecule has 4 aliphatic rings. The molecule has 0 aromatic carbocycles. The Labute approximate surface area is 133 Å². The second-order valence-corrected chi connectivity index (χ2v) is 8.68. The van der Waals surface area contributed by atoms with Gasteiger partial charge in [0.15, 0.2) is 0 Å². The summed E-state index contributed by atoms with van der Waals surface area (Å²) in [6, 6.07) is 0. The summed E-state index contributed by atoms with van der Waals surface area (Å²) in [6.45, 7) is 5.55. The number of fused-ring (bicyclic) bond motifs is 5. The molecule has 1 amide bonds. The van der Waals surface area contributed by atoms with Gasteiger partial charge in [0.2, 0.25) is 5.91 Å². The third-order valence-corrected chi connectivity index (χ3v) is 7.93. The van der Waals surface area contributed by atoms with Gasteiger partial charge >= 0.3 is 0 Å². The maximum absolute atomic E-state index is 11.9. The Balaban J connectivity index is 1.69. The molecule has 0 aromatic rings. The molecule has 0 radical (unpaired) electrons. The van der Waals surface area contributed by atoms with Crippen LogP contribution in [0.15, 0.2) is 11.6 Å². The lowest BCUT2D eigenvalue weighted by Crippen LogP contribution is -2.50. The molecule has 2 N–H and O–H groups in total. The number of aliphatic hydroxyl groups excluding tert-OH is 1. The van der Waals surface area contributed by atoms with Crippen molar-refractivity contribution in [2.24, 2.45) is 28.6 Å². The molecule has 6 atom stereocenters. The predicted molar refractivity (Wildman–Crippen MR) is 86.1 cm³/mol. The average molecular weight is 303 g/mol. The van der Waals surface area contributed by atoms with Gasteiger partial charge in [-0.3, -0.25) is 4.79 Å². The third kappa shape index (κ3) is 1.87. The SMILES string of the molecule is C[C@]12CC[C@H]3[C@H](CCC4=CC(=O)NCC[C@]43C)[C@@H]1CC[C@@H]2O. The zero-order chi connectivity index (χ0) is 15.5. The molecule has 122 valence electrons. The van der Waals surface area contributed by atoms with Crippen molar-refractivity contribution < 1.29 is 9.90 Å². The first-order valence-corrected chi connectivity index (χ1v) is 9.12. The van der Waals surface area contributed by atoms with Gasteiger partial charge in [0, 0.05) is 12.6 Å². The van der Waals surface area contributed by atoms with E-state index in [0.717, 1.165) is 38.1 Å². The highest BCUT2D eigenvalue weighted by atomic mass is 16.3. The van der Waals surface area contributed by atoms with E-state index in [-0.39, 0.29) is 22.8 Å². The molecule has 0 aromatic heterocycles. The van der Waals surface area contributed by atoms with Crippen molar-refractivity contribution in [2.75, 3.05) is 6.54 Å². The Morgan fingerprint density at radius 1 is 1.14 bits per heavy atom. The molecule has 0 unspecified atom stereocenters. The van der Waals surface area contributed by atoms with Crippen molar-refractivity contribution in [3.8, 4) is 0 Å². The van der Waals surface area contributed by atoms with Crippen LogP contribution in [-0.2, 0) is 4.79 Å². The van der Waals surface area contributed by atoms with Gasteiger partial charge in [0.05, 0.1) is 6.10 Å². The van der Waals surface area contributed by atoms with Crippen LogP contribution < -0.4 is 5.32 Å². The Hall–Kier alpha value is -0.830. The molecule has 3 nitrogen and oxygen atoms in total. The monoisotopic (exact) mass is 303 g/mol. The van der Waals surface area contributed by atoms with Gasteiger partial charge in [-0.25, -0.2) is 0 Å². The molecule has 1 heterocycles. The molecule has 3 fully saturated rings. The molecule has 3 heteroatoms. The summed E-state index contributed by atoms with van der Waals surface area (Å²) in [6.07, 6.45) is 9.74. The van der Waals surface area contributed by atoms with Gasteiger partial charge in [0.1, 0.15) is 0 Å². The minimum atomic E-state index is -0.0967. The van der Waals surface area contributed by atoms with Crippen LogP contribution in [0.3, 0.4) is 0 Å². The van der Waals surface area contributed by atoms with Crippen LogP contribution in [0.25, 0.3) is 0 Å². The summed E-state index contributed by atoms with van der Waals surface area (Å²) in [4.78, 5) is 11.9. The van der Waals surface area contributed by atoms with Crippen molar-refractivity contribution in [1.29, 1.82) is 0 Å². The summed E-state index contributed by atoms with van der Waals surface area (Å²) >= 11 is 0. The fourth-order valence-electron chi connectivity index (χ4n) is 6.54. The van der Waals surface area contributed by atoms with E-state index in [9.17, 15) is 9.90 Å². The first-order valence-electron chi connectivity index (χ1n) is 9.12. The first-order chi connectivity index (χ1) is 10.4. The van der Waals surface area contributed by atoms with Crippen LogP contribution in [-0.4, -0.2) is 23.7 Å². The number of carbonyl (C=O) groups excluding carboxylic acids is 1. The predicted octanol–water partition coefficient (Wildman–Crippen LogP) is 3.04.